The van der Waals surface area contributed by atoms with Crippen LogP contribution in [0.5, 0.6) is 5.75 Å². The van der Waals surface area contributed by atoms with Gasteiger partial charge in [0.2, 0.25) is 11.9 Å². The van der Waals surface area contributed by atoms with E-state index in [-0.39, 0.29) is 17.8 Å². The highest BCUT2D eigenvalue weighted by Gasteiger charge is 2.25. The molecular formula is C26H28N6O2S. The standard InChI is InChI=1S/C26H28N6O2S/c1-32(2)10-9-28-24(33)12-16-3-6-22-18(11-16)13-19(15-34-22)25-30-21-5-4-17(14-23(21)35-25)20-7-8-29-26(27)31-20/h3-8,11,14,19H,9-10,12-13,15H2,1-2H3,(H,28,33)(H2,27,29,31). The predicted octanol–water partition coefficient (Wildman–Crippen LogP) is 3.27. The molecular weight excluding hydrogens is 460 g/mol. The Balaban J connectivity index is 1.30. The second-order valence-electron chi connectivity index (χ2n) is 9.02. The van der Waals surface area contributed by atoms with E-state index in [0.29, 0.717) is 19.6 Å². The molecule has 0 saturated heterocycles. The van der Waals surface area contributed by atoms with Gasteiger partial charge >= 0.3 is 0 Å². The first-order chi connectivity index (χ1) is 16.9. The quantitative estimate of drug-likeness (QED) is 0.411. The molecule has 35 heavy (non-hydrogen) atoms. The van der Waals surface area contributed by atoms with Crippen molar-refractivity contribution in [3.8, 4) is 17.0 Å². The number of nitrogens with one attached hydrogen (secondary N) is 1. The molecule has 0 radical (unpaired) electrons. The molecule has 180 valence electrons. The predicted molar refractivity (Wildman–Crippen MR) is 139 cm³/mol. The van der Waals surface area contributed by atoms with Crippen molar-refractivity contribution in [3.05, 3.63) is 64.8 Å². The molecule has 9 heteroatoms. The number of aromatic nitrogens is 3. The Morgan fingerprint density at radius 2 is 2.09 bits per heavy atom. The molecule has 4 aromatic rings. The van der Waals surface area contributed by atoms with Crippen molar-refractivity contribution in [1.29, 1.82) is 0 Å². The Kier molecular flexibility index (Phi) is 6.61. The van der Waals surface area contributed by atoms with Crippen LogP contribution in [0.4, 0.5) is 5.95 Å². The number of hydrogen-bond donors (Lipinski definition) is 2. The molecule has 5 rings (SSSR count). The lowest BCUT2D eigenvalue weighted by atomic mass is 9.95. The first-order valence-electron chi connectivity index (χ1n) is 11.6. The molecule has 3 heterocycles. The minimum Gasteiger partial charge on any atom is -0.493 e. The summed E-state index contributed by atoms with van der Waals surface area (Å²) in [4.78, 5) is 27.5. The SMILES string of the molecule is CN(C)CCNC(=O)Cc1ccc2c(c1)CC(c1nc3ccc(-c4ccnc(N)n4)cc3s1)CO2. The molecule has 0 fully saturated rings. The van der Waals surface area contributed by atoms with Crippen molar-refractivity contribution in [2.75, 3.05) is 39.5 Å². The normalized spacial score (nSPS) is 15.1. The lowest BCUT2D eigenvalue weighted by molar-refractivity contribution is -0.120. The zero-order valence-electron chi connectivity index (χ0n) is 19.8. The molecule has 0 spiro atoms. The van der Waals surface area contributed by atoms with Crippen LogP contribution in [0, 0.1) is 0 Å². The van der Waals surface area contributed by atoms with E-state index in [0.717, 1.165) is 56.3 Å². The third-order valence-electron chi connectivity index (χ3n) is 6.00. The first kappa shape index (κ1) is 23.2. The van der Waals surface area contributed by atoms with Gasteiger partial charge in [0.15, 0.2) is 0 Å². The van der Waals surface area contributed by atoms with E-state index in [2.05, 4.69) is 27.4 Å². The number of ether oxygens (including phenoxy) is 1. The minimum atomic E-state index is 0.0347. The lowest BCUT2D eigenvalue weighted by Crippen LogP contribution is -2.32. The molecule has 0 saturated carbocycles. The van der Waals surface area contributed by atoms with Gasteiger partial charge in [0.1, 0.15) is 10.8 Å². The van der Waals surface area contributed by atoms with Crippen LogP contribution < -0.4 is 15.8 Å². The fourth-order valence-corrected chi connectivity index (χ4v) is 5.29. The number of nitrogens with two attached hydrogens (primary N) is 1. The number of carbonyl (C=O) groups is 1. The number of nitrogens with zero attached hydrogens (tertiary/aromatic N) is 4. The smallest absolute Gasteiger partial charge is 0.224 e. The van der Waals surface area contributed by atoms with Gasteiger partial charge in [-0.2, -0.15) is 0 Å². The lowest BCUT2D eigenvalue weighted by Gasteiger charge is -2.24. The summed E-state index contributed by atoms with van der Waals surface area (Å²) in [7, 11) is 3.98. The van der Waals surface area contributed by atoms with Gasteiger partial charge in [-0.1, -0.05) is 18.2 Å². The molecule has 1 aliphatic heterocycles. The van der Waals surface area contributed by atoms with Crippen molar-refractivity contribution in [1.82, 2.24) is 25.2 Å². The van der Waals surface area contributed by atoms with E-state index >= 15 is 0 Å². The van der Waals surface area contributed by atoms with E-state index in [9.17, 15) is 4.79 Å². The van der Waals surface area contributed by atoms with Crippen molar-refractivity contribution in [2.24, 2.45) is 0 Å². The average molecular weight is 489 g/mol. The largest absolute Gasteiger partial charge is 0.493 e. The number of rotatable bonds is 7. The summed E-state index contributed by atoms with van der Waals surface area (Å²) in [6.45, 7) is 2.06. The maximum absolute atomic E-state index is 12.3. The summed E-state index contributed by atoms with van der Waals surface area (Å²) in [5.41, 5.74) is 10.6. The number of likely N-dealkylation sites (N-methyl/N-ethyl adjacent to an activating group) is 1. The number of thiazole rings is 1. The Labute approximate surface area is 208 Å². The first-order valence-corrected chi connectivity index (χ1v) is 12.4. The Bertz CT molecular complexity index is 1370. The maximum Gasteiger partial charge on any atom is 0.224 e. The molecule has 3 N–H and O–H groups in total. The van der Waals surface area contributed by atoms with E-state index < -0.39 is 0 Å². The molecule has 2 aromatic carbocycles. The van der Waals surface area contributed by atoms with E-state index in [4.69, 9.17) is 15.5 Å². The third-order valence-corrected chi connectivity index (χ3v) is 7.18. The molecule has 0 bridgehead atoms. The molecule has 1 amide bonds. The van der Waals surface area contributed by atoms with Gasteiger partial charge in [0, 0.05) is 30.8 Å². The van der Waals surface area contributed by atoms with Crippen LogP contribution in [0.25, 0.3) is 21.5 Å². The number of hydrogen-bond acceptors (Lipinski definition) is 8. The van der Waals surface area contributed by atoms with Crippen LogP contribution in [0.15, 0.2) is 48.7 Å². The summed E-state index contributed by atoms with van der Waals surface area (Å²) in [5.74, 6) is 1.36. The van der Waals surface area contributed by atoms with Crippen LogP contribution in [0.1, 0.15) is 22.1 Å². The number of fused-ring (bicyclic) bond motifs is 2. The Morgan fingerprint density at radius 3 is 2.91 bits per heavy atom. The highest BCUT2D eigenvalue weighted by molar-refractivity contribution is 7.18. The molecule has 8 nitrogen and oxygen atoms in total. The number of benzene rings is 2. The topological polar surface area (TPSA) is 106 Å². The molecule has 1 aliphatic rings. The van der Waals surface area contributed by atoms with Gasteiger partial charge in [-0.15, -0.1) is 11.3 Å². The van der Waals surface area contributed by atoms with E-state index in [1.807, 2.05) is 49.3 Å². The van der Waals surface area contributed by atoms with Crippen LogP contribution in [-0.2, 0) is 17.6 Å². The monoisotopic (exact) mass is 488 g/mol. The second kappa shape index (κ2) is 9.97. The van der Waals surface area contributed by atoms with Crippen LogP contribution in [-0.4, -0.2) is 59.6 Å². The van der Waals surface area contributed by atoms with Gasteiger partial charge in [-0.05, 0) is 55.9 Å². The Hall–Kier alpha value is -3.56. The van der Waals surface area contributed by atoms with Crippen molar-refractivity contribution < 1.29 is 9.53 Å². The summed E-state index contributed by atoms with van der Waals surface area (Å²) in [6, 6.07) is 14.0. The van der Waals surface area contributed by atoms with E-state index in [1.165, 1.54) is 0 Å². The van der Waals surface area contributed by atoms with Gasteiger partial charge < -0.3 is 20.7 Å². The zero-order chi connectivity index (χ0) is 24.4. The number of anilines is 1. The average Bonchev–Trinajstić information content (AvgIpc) is 3.27. The maximum atomic E-state index is 12.3. The van der Waals surface area contributed by atoms with Crippen molar-refractivity contribution in [3.63, 3.8) is 0 Å². The second-order valence-corrected chi connectivity index (χ2v) is 10.1. The third kappa shape index (κ3) is 5.41. The van der Waals surface area contributed by atoms with Gasteiger partial charge in [-0.25, -0.2) is 15.0 Å². The Morgan fingerprint density at radius 1 is 1.20 bits per heavy atom. The number of nitrogen functional groups attached to an aromatic ring is 1. The molecule has 1 unspecified atom stereocenters. The summed E-state index contributed by atoms with van der Waals surface area (Å²) in [5, 5.41) is 4.03. The summed E-state index contributed by atoms with van der Waals surface area (Å²) < 4.78 is 7.17. The van der Waals surface area contributed by atoms with Crippen LogP contribution in [0.3, 0.4) is 0 Å². The van der Waals surface area contributed by atoms with Gasteiger partial charge in [0.25, 0.3) is 0 Å². The highest BCUT2D eigenvalue weighted by Crippen LogP contribution is 2.37. The summed E-state index contributed by atoms with van der Waals surface area (Å²) >= 11 is 1.68. The fourth-order valence-electron chi connectivity index (χ4n) is 4.19. The van der Waals surface area contributed by atoms with Crippen LogP contribution in [0.2, 0.25) is 0 Å². The zero-order valence-corrected chi connectivity index (χ0v) is 20.6. The van der Waals surface area contributed by atoms with Crippen LogP contribution >= 0.6 is 11.3 Å². The molecule has 0 aliphatic carbocycles. The van der Waals surface area contributed by atoms with Crippen molar-refractivity contribution >= 4 is 33.4 Å². The number of carbonyl (C=O) groups excluding carboxylic acids is 1. The van der Waals surface area contributed by atoms with Gasteiger partial charge in [0.05, 0.1) is 28.9 Å². The minimum absolute atomic E-state index is 0.0347. The van der Waals surface area contributed by atoms with Gasteiger partial charge in [-0.3, -0.25) is 4.79 Å². The van der Waals surface area contributed by atoms with E-state index in [1.54, 1.807) is 17.5 Å². The summed E-state index contributed by atoms with van der Waals surface area (Å²) in [6.07, 6.45) is 2.86. The highest BCUT2D eigenvalue weighted by atomic mass is 32.1. The molecule has 1 atom stereocenters. The fraction of sp³-hybridized carbons (Fsp3) is 0.308. The van der Waals surface area contributed by atoms with Crippen molar-refractivity contribution in [2.45, 2.75) is 18.8 Å². The molecule has 2 aromatic heterocycles. The number of amides is 1.